The highest BCUT2D eigenvalue weighted by Gasteiger charge is 2.20. The van der Waals surface area contributed by atoms with Crippen molar-refractivity contribution in [3.63, 3.8) is 0 Å². The molecule has 10 nitrogen and oxygen atoms in total. The van der Waals surface area contributed by atoms with Crippen molar-refractivity contribution in [2.75, 3.05) is 18.5 Å². The van der Waals surface area contributed by atoms with Crippen LogP contribution in [0, 0.1) is 0 Å². The number of hydrogen-bond donors (Lipinski definition) is 3. The van der Waals surface area contributed by atoms with Crippen LogP contribution < -0.4 is 11.3 Å². The zero-order chi connectivity index (χ0) is 17.0. The molecule has 2 heterocycles. The van der Waals surface area contributed by atoms with Gasteiger partial charge in [0.15, 0.2) is 11.2 Å². The summed E-state index contributed by atoms with van der Waals surface area (Å²) in [6.07, 6.45) is 1.51. The number of H-pyrrole nitrogens is 1. The summed E-state index contributed by atoms with van der Waals surface area (Å²) in [4.78, 5) is 31.5. The fourth-order valence-corrected chi connectivity index (χ4v) is 3.19. The summed E-state index contributed by atoms with van der Waals surface area (Å²) in [5, 5.41) is 0. The maximum Gasteiger partial charge on any atom is 0.328 e. The van der Waals surface area contributed by atoms with E-state index in [-0.39, 0.29) is 37.1 Å². The molecule has 2 aromatic rings. The monoisotopic (exact) mass is 345 g/mol. The Morgan fingerprint density at radius 3 is 3.00 bits per heavy atom. The Labute approximate surface area is 132 Å². The second kappa shape index (κ2) is 7.22. The highest BCUT2D eigenvalue weighted by atomic mass is 31.2. The van der Waals surface area contributed by atoms with Gasteiger partial charge in [0.2, 0.25) is 5.95 Å². The molecule has 0 saturated carbocycles. The van der Waals surface area contributed by atoms with Gasteiger partial charge in [-0.15, -0.1) is 0 Å². The van der Waals surface area contributed by atoms with E-state index in [4.69, 9.17) is 15.0 Å². The summed E-state index contributed by atoms with van der Waals surface area (Å²) >= 11 is 0. The maximum atomic E-state index is 11.7. The minimum atomic E-state index is -3.56. The summed E-state index contributed by atoms with van der Waals surface area (Å²) in [7, 11) is -3.56. The highest BCUT2D eigenvalue weighted by molar-refractivity contribution is 7.52. The molecule has 0 aromatic carbocycles. The lowest BCUT2D eigenvalue weighted by Gasteiger charge is -2.16. The van der Waals surface area contributed by atoms with Gasteiger partial charge in [0.05, 0.1) is 25.2 Å². The van der Waals surface area contributed by atoms with E-state index in [1.165, 1.54) is 6.33 Å². The molecule has 0 fully saturated rings. The van der Waals surface area contributed by atoms with E-state index in [1.54, 1.807) is 18.4 Å². The predicted molar refractivity (Wildman–Crippen MR) is 84.0 cm³/mol. The van der Waals surface area contributed by atoms with Crippen molar-refractivity contribution in [1.29, 1.82) is 0 Å². The zero-order valence-corrected chi connectivity index (χ0v) is 13.8. The van der Waals surface area contributed by atoms with Gasteiger partial charge in [0.25, 0.3) is 5.56 Å². The molecule has 0 aliphatic heterocycles. The molecule has 2 atom stereocenters. The van der Waals surface area contributed by atoms with Crippen molar-refractivity contribution in [2.24, 2.45) is 0 Å². The first-order valence-corrected chi connectivity index (χ1v) is 8.87. The first kappa shape index (κ1) is 17.6. The fraction of sp³-hybridized carbons (Fsp3) is 0.583. The van der Waals surface area contributed by atoms with Crippen LogP contribution in [0.2, 0.25) is 0 Å². The van der Waals surface area contributed by atoms with Crippen LogP contribution in [0.15, 0.2) is 11.1 Å². The molecule has 0 aliphatic carbocycles. The smallest absolute Gasteiger partial charge is 0.328 e. The van der Waals surface area contributed by atoms with Crippen LogP contribution in [0.1, 0.15) is 20.3 Å². The van der Waals surface area contributed by atoms with Crippen molar-refractivity contribution >= 4 is 24.7 Å². The molecule has 0 radical (unpaired) electrons. The maximum absolute atomic E-state index is 11.7. The van der Waals surface area contributed by atoms with Gasteiger partial charge in [-0.3, -0.25) is 18.9 Å². The zero-order valence-electron chi connectivity index (χ0n) is 12.9. The third-order valence-corrected chi connectivity index (χ3v) is 4.63. The number of imidazole rings is 1. The minimum absolute atomic E-state index is 0.00441. The number of nitrogen functional groups attached to an aromatic ring is 1. The molecule has 23 heavy (non-hydrogen) atoms. The van der Waals surface area contributed by atoms with Gasteiger partial charge < -0.3 is 19.9 Å². The number of fused-ring (bicyclic) bond motifs is 1. The van der Waals surface area contributed by atoms with Gasteiger partial charge in [-0.1, -0.05) is 0 Å². The topological polar surface area (TPSA) is 145 Å². The molecule has 0 saturated heterocycles. The number of anilines is 1. The molecule has 0 amide bonds. The lowest BCUT2D eigenvalue weighted by Crippen LogP contribution is -2.15. The van der Waals surface area contributed by atoms with Gasteiger partial charge in [0.1, 0.15) is 6.73 Å². The predicted octanol–water partition coefficient (Wildman–Crippen LogP) is 0.676. The Hall–Kier alpha value is -1.74. The minimum Gasteiger partial charge on any atom is -0.369 e. The van der Waals surface area contributed by atoms with Crippen LogP contribution in [0.25, 0.3) is 11.2 Å². The van der Waals surface area contributed by atoms with Gasteiger partial charge in [-0.25, -0.2) is 4.98 Å². The molecule has 0 aliphatic rings. The summed E-state index contributed by atoms with van der Waals surface area (Å²) in [6.45, 7) is 3.72. The van der Waals surface area contributed by atoms with E-state index in [2.05, 4.69) is 15.0 Å². The number of nitrogens with one attached hydrogen (secondary N) is 1. The quantitative estimate of drug-likeness (QED) is 0.592. The summed E-state index contributed by atoms with van der Waals surface area (Å²) in [5.74, 6) is -0.00441. The molecule has 4 N–H and O–H groups in total. The van der Waals surface area contributed by atoms with Crippen molar-refractivity contribution in [1.82, 2.24) is 19.5 Å². The third-order valence-electron chi connectivity index (χ3n) is 3.14. The summed E-state index contributed by atoms with van der Waals surface area (Å²) in [5.41, 5.74) is 5.59. The van der Waals surface area contributed by atoms with Gasteiger partial charge in [-0.2, -0.15) is 4.98 Å². The van der Waals surface area contributed by atoms with E-state index in [9.17, 15) is 14.3 Å². The highest BCUT2D eigenvalue weighted by Crippen LogP contribution is 2.42. The number of aromatic nitrogens is 4. The van der Waals surface area contributed by atoms with Crippen LogP contribution >= 0.6 is 7.60 Å². The molecular weight excluding hydrogens is 325 g/mol. The SMILES string of the molecule is CCOP(=O)(O)CCC(C)OCn1cnc2c(=O)[nH]c(N)nc21. The summed E-state index contributed by atoms with van der Waals surface area (Å²) in [6, 6.07) is 0. The fourth-order valence-electron chi connectivity index (χ4n) is 1.97. The van der Waals surface area contributed by atoms with Gasteiger partial charge >= 0.3 is 7.60 Å². The van der Waals surface area contributed by atoms with Gasteiger partial charge in [-0.05, 0) is 20.3 Å². The van der Waals surface area contributed by atoms with Crippen LogP contribution in [0.5, 0.6) is 0 Å². The molecule has 128 valence electrons. The van der Waals surface area contributed by atoms with Gasteiger partial charge in [0, 0.05) is 0 Å². The van der Waals surface area contributed by atoms with Crippen molar-refractivity contribution < 1.29 is 18.7 Å². The Morgan fingerprint density at radius 1 is 1.57 bits per heavy atom. The molecule has 2 unspecified atom stereocenters. The van der Waals surface area contributed by atoms with E-state index in [1.807, 2.05) is 0 Å². The number of nitrogens with zero attached hydrogens (tertiary/aromatic N) is 3. The summed E-state index contributed by atoms with van der Waals surface area (Å²) < 4.78 is 23.5. The Bertz CT molecular complexity index is 773. The van der Waals surface area contributed by atoms with Crippen molar-refractivity contribution in [3.05, 3.63) is 16.7 Å². The number of hydrogen-bond acceptors (Lipinski definition) is 7. The first-order chi connectivity index (χ1) is 10.8. The molecule has 0 bridgehead atoms. The average Bonchev–Trinajstić information content (AvgIpc) is 2.86. The number of nitrogens with two attached hydrogens (primary N) is 1. The number of aromatic amines is 1. The lowest BCUT2D eigenvalue weighted by molar-refractivity contribution is 0.0174. The van der Waals surface area contributed by atoms with Crippen LogP contribution in [-0.4, -0.2) is 43.3 Å². The van der Waals surface area contributed by atoms with Crippen LogP contribution in [0.3, 0.4) is 0 Å². The molecule has 0 spiro atoms. The molecular formula is C12H20N5O5P. The standard InChI is InChI=1S/C12H20N5O5P/c1-3-22-23(19,20)5-4-8(2)21-7-17-6-14-9-10(17)15-12(13)16-11(9)18/h6,8H,3-5,7H2,1-2H3,(H,19,20)(H3,13,15,16,18). The average molecular weight is 345 g/mol. The van der Waals surface area contributed by atoms with E-state index in [0.29, 0.717) is 12.1 Å². The lowest BCUT2D eigenvalue weighted by atomic mass is 10.3. The van der Waals surface area contributed by atoms with E-state index < -0.39 is 13.2 Å². The first-order valence-electron chi connectivity index (χ1n) is 7.11. The van der Waals surface area contributed by atoms with Crippen molar-refractivity contribution in [2.45, 2.75) is 33.1 Å². The van der Waals surface area contributed by atoms with Crippen LogP contribution in [-0.2, 0) is 20.6 Å². The normalized spacial score (nSPS) is 15.6. The number of rotatable bonds is 8. The second-order valence-electron chi connectivity index (χ2n) is 5.01. The molecule has 11 heteroatoms. The molecule has 2 rings (SSSR count). The van der Waals surface area contributed by atoms with Crippen LogP contribution in [0.4, 0.5) is 5.95 Å². The van der Waals surface area contributed by atoms with E-state index >= 15 is 0 Å². The Morgan fingerprint density at radius 2 is 2.30 bits per heavy atom. The largest absolute Gasteiger partial charge is 0.369 e. The Kier molecular flexibility index (Phi) is 5.53. The second-order valence-corrected chi connectivity index (χ2v) is 6.99. The third kappa shape index (κ3) is 4.61. The van der Waals surface area contributed by atoms with Crippen molar-refractivity contribution in [3.8, 4) is 0 Å². The number of ether oxygens (including phenoxy) is 1. The van der Waals surface area contributed by atoms with E-state index in [0.717, 1.165) is 0 Å². The Balaban J connectivity index is 1.96. The molecule has 2 aromatic heterocycles.